The van der Waals surface area contributed by atoms with Gasteiger partial charge in [-0.1, -0.05) is 103 Å². The van der Waals surface area contributed by atoms with Gasteiger partial charge in [-0.2, -0.15) is 0 Å². The van der Waals surface area contributed by atoms with E-state index in [4.69, 9.17) is 24.1 Å². The number of rotatable bonds is 3. The van der Waals surface area contributed by atoms with Gasteiger partial charge in [0.15, 0.2) is 17.5 Å². The monoisotopic (exact) mass is 563 g/mol. The largest absolute Gasteiger partial charge is 0.455 e. The Labute approximate surface area is 251 Å². The lowest BCUT2D eigenvalue weighted by Gasteiger charge is -2.22. The number of ether oxygens (including phenoxy) is 1. The average Bonchev–Trinajstić information content (AvgIpc) is 3.47. The van der Waals surface area contributed by atoms with Crippen LogP contribution in [0.2, 0.25) is 0 Å². The highest BCUT2D eigenvalue weighted by atomic mass is 16.5. The van der Waals surface area contributed by atoms with Crippen LogP contribution in [0.1, 0.15) is 0 Å². The molecule has 0 radical (unpaired) electrons. The predicted molar refractivity (Wildman–Crippen MR) is 176 cm³/mol. The van der Waals surface area contributed by atoms with Crippen molar-refractivity contribution in [3.05, 3.63) is 127 Å². The lowest BCUT2D eigenvalue weighted by Crippen LogP contribution is -2.03. The average molecular weight is 564 g/mol. The highest BCUT2D eigenvalue weighted by Crippen LogP contribution is 2.50. The molecule has 44 heavy (non-hydrogen) atoms. The molecule has 0 saturated heterocycles. The van der Waals surface area contributed by atoms with Gasteiger partial charge in [-0.05, 0) is 40.4 Å². The van der Waals surface area contributed by atoms with Crippen molar-refractivity contribution >= 4 is 54.3 Å². The third-order valence-electron chi connectivity index (χ3n) is 8.69. The van der Waals surface area contributed by atoms with E-state index < -0.39 is 0 Å². The van der Waals surface area contributed by atoms with Gasteiger partial charge in [0.2, 0.25) is 0 Å². The number of hydrogen-bond donors (Lipinski definition) is 0. The number of fused-ring (bicyclic) bond motifs is 3. The predicted octanol–water partition coefficient (Wildman–Crippen LogP) is 10.3. The Bertz CT molecular complexity index is 2640. The molecule has 0 N–H and O–H groups in total. The van der Waals surface area contributed by atoms with Gasteiger partial charge >= 0.3 is 0 Å². The first-order valence-electron chi connectivity index (χ1n) is 14.6. The van der Waals surface area contributed by atoms with Gasteiger partial charge in [-0.3, -0.25) is 0 Å². The van der Waals surface area contributed by atoms with Crippen molar-refractivity contribution in [3.8, 4) is 45.7 Å². The summed E-state index contributed by atoms with van der Waals surface area (Å²) in [4.78, 5) is 15.2. The third-order valence-corrected chi connectivity index (χ3v) is 8.69. The fraction of sp³-hybridized carbons (Fsp3) is 0. The Morgan fingerprint density at radius 1 is 0.432 bits per heavy atom. The van der Waals surface area contributed by atoms with Gasteiger partial charge in [0, 0.05) is 32.5 Å². The summed E-state index contributed by atoms with van der Waals surface area (Å²) in [5.41, 5.74) is 4.11. The number of para-hydroxylation sites is 2. The molecule has 204 valence electrons. The topological polar surface area (TPSA) is 61.0 Å². The summed E-state index contributed by atoms with van der Waals surface area (Å²) in [5.74, 6) is 3.27. The molecular weight excluding hydrogens is 542 g/mol. The Morgan fingerprint density at radius 3 is 1.95 bits per heavy atom. The maximum Gasteiger partial charge on any atom is 0.167 e. The van der Waals surface area contributed by atoms with Crippen LogP contribution in [0.25, 0.3) is 88.4 Å². The van der Waals surface area contributed by atoms with Crippen LogP contribution in [-0.4, -0.2) is 15.0 Å². The van der Waals surface area contributed by atoms with Crippen LogP contribution in [-0.2, 0) is 0 Å². The lowest BCUT2D eigenvalue weighted by atomic mass is 9.92. The fourth-order valence-corrected chi connectivity index (χ4v) is 6.68. The number of aromatic nitrogens is 3. The highest BCUT2D eigenvalue weighted by molar-refractivity contribution is 6.26. The van der Waals surface area contributed by atoms with Gasteiger partial charge in [0.25, 0.3) is 0 Å². The molecule has 0 aliphatic carbocycles. The zero-order valence-electron chi connectivity index (χ0n) is 23.3. The third kappa shape index (κ3) is 3.26. The van der Waals surface area contributed by atoms with E-state index in [2.05, 4.69) is 54.6 Å². The second-order valence-corrected chi connectivity index (χ2v) is 11.2. The number of furan rings is 1. The fourth-order valence-electron chi connectivity index (χ4n) is 6.68. The molecule has 0 atom stereocenters. The van der Waals surface area contributed by atoms with Crippen molar-refractivity contribution in [1.82, 2.24) is 15.0 Å². The van der Waals surface area contributed by atoms with E-state index in [1.807, 2.05) is 72.8 Å². The minimum Gasteiger partial charge on any atom is -0.455 e. The summed E-state index contributed by atoms with van der Waals surface area (Å²) in [7, 11) is 0. The second-order valence-electron chi connectivity index (χ2n) is 11.2. The molecule has 0 bridgehead atoms. The standard InChI is InChI=1S/C39H21N3O2/c1-2-8-25(9-3-1)37-40-38(28-13-7-12-27-26-11-4-5-14-30(26)43-35(27)28)42-39(41-37)29-21-20-24-19-18-23-17-16-22-10-6-15-31-32(22)33(23)34(24)36(29)44-31/h1-21H. The summed E-state index contributed by atoms with van der Waals surface area (Å²) < 4.78 is 13.1. The van der Waals surface area contributed by atoms with E-state index >= 15 is 0 Å². The molecule has 0 spiro atoms. The van der Waals surface area contributed by atoms with E-state index in [0.29, 0.717) is 17.5 Å². The van der Waals surface area contributed by atoms with Crippen molar-refractivity contribution < 1.29 is 9.15 Å². The molecular formula is C39H21N3O2. The summed E-state index contributed by atoms with van der Waals surface area (Å²) in [6.45, 7) is 0. The molecule has 7 aromatic carbocycles. The van der Waals surface area contributed by atoms with Crippen LogP contribution < -0.4 is 4.74 Å². The number of hydrogen-bond acceptors (Lipinski definition) is 5. The molecule has 3 heterocycles. The van der Waals surface area contributed by atoms with Crippen molar-refractivity contribution in [2.45, 2.75) is 0 Å². The summed E-state index contributed by atoms with van der Waals surface area (Å²) in [6.07, 6.45) is 0. The van der Waals surface area contributed by atoms with Crippen LogP contribution in [0.5, 0.6) is 11.5 Å². The Morgan fingerprint density at radius 2 is 1.09 bits per heavy atom. The van der Waals surface area contributed by atoms with Crippen molar-refractivity contribution in [1.29, 1.82) is 0 Å². The first-order chi connectivity index (χ1) is 21.8. The van der Waals surface area contributed by atoms with Crippen LogP contribution >= 0.6 is 0 Å². The zero-order valence-corrected chi connectivity index (χ0v) is 23.3. The maximum absolute atomic E-state index is 6.75. The van der Waals surface area contributed by atoms with E-state index in [-0.39, 0.29) is 0 Å². The Balaban J connectivity index is 1.29. The molecule has 1 aliphatic rings. The number of benzene rings is 7. The van der Waals surface area contributed by atoms with Crippen molar-refractivity contribution in [2.75, 3.05) is 0 Å². The van der Waals surface area contributed by atoms with Crippen LogP contribution in [0.15, 0.2) is 132 Å². The molecule has 10 rings (SSSR count). The van der Waals surface area contributed by atoms with E-state index in [0.717, 1.165) is 71.7 Å². The zero-order chi connectivity index (χ0) is 28.8. The lowest BCUT2D eigenvalue weighted by molar-refractivity contribution is 0.494. The molecule has 0 fully saturated rings. The Hall–Kier alpha value is -6.07. The van der Waals surface area contributed by atoms with Gasteiger partial charge in [-0.25, -0.2) is 15.0 Å². The Kier molecular flexibility index (Phi) is 4.66. The molecule has 1 aliphatic heterocycles. The minimum absolute atomic E-state index is 0.544. The summed E-state index contributed by atoms with van der Waals surface area (Å²) in [5, 5.41) is 8.95. The van der Waals surface area contributed by atoms with E-state index in [9.17, 15) is 0 Å². The summed E-state index contributed by atoms with van der Waals surface area (Å²) >= 11 is 0. The second kappa shape index (κ2) is 8.72. The van der Waals surface area contributed by atoms with Gasteiger partial charge in [0.05, 0.1) is 11.1 Å². The molecule has 0 unspecified atom stereocenters. The van der Waals surface area contributed by atoms with E-state index in [1.165, 1.54) is 10.8 Å². The maximum atomic E-state index is 6.75. The smallest absolute Gasteiger partial charge is 0.167 e. The minimum atomic E-state index is 0.544. The van der Waals surface area contributed by atoms with Gasteiger partial charge < -0.3 is 9.15 Å². The van der Waals surface area contributed by atoms with E-state index in [1.54, 1.807) is 0 Å². The van der Waals surface area contributed by atoms with Crippen molar-refractivity contribution in [3.63, 3.8) is 0 Å². The normalized spacial score (nSPS) is 12.3. The SMILES string of the molecule is c1ccc(-c2nc(-c3ccc4ccc5ccc6cccc7c6c5c4c3O7)nc(-c3cccc4c3oc3ccccc34)n2)cc1. The quantitative estimate of drug-likeness (QED) is 0.200. The molecule has 5 heteroatoms. The van der Waals surface area contributed by atoms with Gasteiger partial charge in [-0.15, -0.1) is 0 Å². The molecule has 5 nitrogen and oxygen atoms in total. The molecule has 9 aromatic rings. The van der Waals surface area contributed by atoms with Crippen molar-refractivity contribution in [2.24, 2.45) is 0 Å². The number of nitrogens with zero attached hydrogens (tertiary/aromatic N) is 3. The van der Waals surface area contributed by atoms with Crippen LogP contribution in [0, 0.1) is 0 Å². The molecule has 0 saturated carbocycles. The van der Waals surface area contributed by atoms with Crippen LogP contribution in [0.3, 0.4) is 0 Å². The van der Waals surface area contributed by atoms with Gasteiger partial charge in [0.1, 0.15) is 22.7 Å². The summed E-state index contributed by atoms with van der Waals surface area (Å²) in [6, 6.07) is 43.3. The van der Waals surface area contributed by atoms with Crippen LogP contribution in [0.4, 0.5) is 0 Å². The highest BCUT2D eigenvalue weighted by Gasteiger charge is 2.25. The first-order valence-corrected chi connectivity index (χ1v) is 14.6. The molecule has 0 amide bonds. The first kappa shape index (κ1) is 23.5. The molecule has 2 aromatic heterocycles.